The minimum absolute atomic E-state index is 0.162. The van der Waals surface area contributed by atoms with Crippen LogP contribution in [0.15, 0.2) is 36.4 Å². The van der Waals surface area contributed by atoms with Crippen LogP contribution in [0.2, 0.25) is 0 Å². The van der Waals surface area contributed by atoms with Gasteiger partial charge in [0, 0.05) is 17.7 Å². The summed E-state index contributed by atoms with van der Waals surface area (Å²) >= 11 is 0. The van der Waals surface area contributed by atoms with Crippen LogP contribution < -0.4 is 24.3 Å². The van der Waals surface area contributed by atoms with E-state index < -0.39 is 12.6 Å². The summed E-state index contributed by atoms with van der Waals surface area (Å²) in [7, 11) is 4.57. The molecule has 0 fully saturated rings. The fourth-order valence-corrected chi connectivity index (χ4v) is 2.39. The van der Waals surface area contributed by atoms with Crippen LogP contribution in [0.25, 0.3) is 0 Å². The van der Waals surface area contributed by atoms with Crippen molar-refractivity contribution in [2.45, 2.75) is 6.54 Å². The van der Waals surface area contributed by atoms with Gasteiger partial charge in [-0.05, 0) is 18.2 Å². The number of rotatable bonds is 9. The maximum Gasteiger partial charge on any atom is 0.341 e. The normalized spacial score (nSPS) is 10.0. The van der Waals surface area contributed by atoms with E-state index in [1.54, 1.807) is 30.3 Å². The third kappa shape index (κ3) is 5.27. The zero-order valence-electron chi connectivity index (χ0n) is 15.3. The Bertz CT molecular complexity index is 794. The van der Waals surface area contributed by atoms with Crippen molar-refractivity contribution in [3.8, 4) is 23.0 Å². The summed E-state index contributed by atoms with van der Waals surface area (Å²) in [5.41, 5.74) is 0.997. The van der Waals surface area contributed by atoms with E-state index in [4.69, 9.17) is 24.1 Å². The van der Waals surface area contributed by atoms with Gasteiger partial charge >= 0.3 is 5.97 Å². The average molecular weight is 375 g/mol. The molecule has 2 aromatic rings. The predicted octanol–water partition coefficient (Wildman–Crippen LogP) is 2.11. The summed E-state index contributed by atoms with van der Waals surface area (Å²) in [5, 5.41) is 11.4. The molecule has 0 saturated carbocycles. The Morgan fingerprint density at radius 3 is 2.19 bits per heavy atom. The zero-order chi connectivity index (χ0) is 19.8. The zero-order valence-corrected chi connectivity index (χ0v) is 15.3. The number of amides is 1. The molecular formula is C19H21NO7. The third-order valence-corrected chi connectivity index (χ3v) is 3.70. The highest BCUT2D eigenvalue weighted by Gasteiger charge is 2.15. The monoisotopic (exact) mass is 375 g/mol. The number of hydrogen-bond donors (Lipinski definition) is 2. The molecule has 2 aromatic carbocycles. The molecule has 8 nitrogen and oxygen atoms in total. The number of nitrogens with one attached hydrogen (secondary N) is 1. The smallest absolute Gasteiger partial charge is 0.341 e. The van der Waals surface area contributed by atoms with Crippen LogP contribution >= 0.6 is 0 Å². The highest BCUT2D eigenvalue weighted by atomic mass is 16.5. The van der Waals surface area contributed by atoms with Crippen LogP contribution in [-0.4, -0.2) is 44.9 Å². The van der Waals surface area contributed by atoms with E-state index in [0.717, 1.165) is 0 Å². The number of carboxylic acid groups (broad SMARTS) is 1. The van der Waals surface area contributed by atoms with Crippen molar-refractivity contribution in [2.24, 2.45) is 0 Å². The maximum atomic E-state index is 12.4. The summed E-state index contributed by atoms with van der Waals surface area (Å²) in [6.07, 6.45) is 0. The van der Waals surface area contributed by atoms with Gasteiger partial charge in [0.05, 0.1) is 33.4 Å². The van der Waals surface area contributed by atoms with E-state index >= 15 is 0 Å². The van der Waals surface area contributed by atoms with Crippen LogP contribution in [0.1, 0.15) is 15.9 Å². The van der Waals surface area contributed by atoms with Gasteiger partial charge in [-0.25, -0.2) is 4.79 Å². The first-order valence-electron chi connectivity index (χ1n) is 8.00. The van der Waals surface area contributed by atoms with Crippen LogP contribution in [0.3, 0.4) is 0 Å². The molecule has 2 rings (SSSR count). The van der Waals surface area contributed by atoms with Gasteiger partial charge in [0.2, 0.25) is 0 Å². The standard InChI is InChI=1S/C19H21NO7/c1-24-14-8-16(25-2)15(17(9-14)26-3)10-20-19(23)12-5-4-6-13(7-12)27-11-18(21)22/h4-9H,10-11H2,1-3H3,(H,20,23)(H,21,22). The number of benzene rings is 2. The lowest BCUT2D eigenvalue weighted by Crippen LogP contribution is -2.23. The van der Waals surface area contributed by atoms with Gasteiger partial charge in [0.15, 0.2) is 6.61 Å². The molecule has 0 aromatic heterocycles. The lowest BCUT2D eigenvalue weighted by atomic mass is 10.1. The molecule has 0 bridgehead atoms. The summed E-state index contributed by atoms with van der Waals surface area (Å²) in [5.74, 6) is 0.459. The molecular weight excluding hydrogens is 354 g/mol. The highest BCUT2D eigenvalue weighted by Crippen LogP contribution is 2.33. The van der Waals surface area contributed by atoms with Gasteiger partial charge < -0.3 is 29.4 Å². The number of methoxy groups -OCH3 is 3. The molecule has 0 spiro atoms. The number of ether oxygens (including phenoxy) is 4. The van der Waals surface area contributed by atoms with Crippen LogP contribution in [0.5, 0.6) is 23.0 Å². The Kier molecular flexibility index (Phi) is 6.87. The highest BCUT2D eigenvalue weighted by molar-refractivity contribution is 5.94. The first-order valence-corrected chi connectivity index (χ1v) is 8.00. The van der Waals surface area contributed by atoms with Crippen molar-refractivity contribution in [3.63, 3.8) is 0 Å². The molecule has 2 N–H and O–H groups in total. The molecule has 0 unspecified atom stereocenters. The molecule has 0 aliphatic rings. The van der Waals surface area contributed by atoms with Crippen molar-refractivity contribution in [1.29, 1.82) is 0 Å². The Morgan fingerprint density at radius 2 is 1.63 bits per heavy atom. The van der Waals surface area contributed by atoms with Crippen LogP contribution in [0, 0.1) is 0 Å². The minimum atomic E-state index is -1.09. The van der Waals surface area contributed by atoms with Crippen LogP contribution in [0.4, 0.5) is 0 Å². The first-order chi connectivity index (χ1) is 13.0. The molecule has 0 saturated heterocycles. The first kappa shape index (κ1) is 19.9. The van der Waals surface area contributed by atoms with E-state index in [1.165, 1.54) is 27.4 Å². The van der Waals surface area contributed by atoms with E-state index in [-0.39, 0.29) is 12.5 Å². The Hall–Kier alpha value is -3.42. The van der Waals surface area contributed by atoms with Gasteiger partial charge in [0.1, 0.15) is 23.0 Å². The summed E-state index contributed by atoms with van der Waals surface area (Å²) in [4.78, 5) is 23.0. The SMILES string of the molecule is COc1cc(OC)c(CNC(=O)c2cccc(OCC(=O)O)c2)c(OC)c1. The van der Waals surface area contributed by atoms with Gasteiger partial charge in [-0.2, -0.15) is 0 Å². The van der Waals surface area contributed by atoms with Crippen molar-refractivity contribution in [2.75, 3.05) is 27.9 Å². The fraction of sp³-hybridized carbons (Fsp3) is 0.263. The molecule has 27 heavy (non-hydrogen) atoms. The molecule has 144 valence electrons. The topological polar surface area (TPSA) is 103 Å². The summed E-state index contributed by atoms with van der Waals surface area (Å²) in [6.45, 7) is -0.319. The molecule has 0 heterocycles. The molecule has 0 radical (unpaired) electrons. The molecule has 0 atom stereocenters. The quantitative estimate of drug-likeness (QED) is 0.692. The van der Waals surface area contributed by atoms with Crippen molar-refractivity contribution in [1.82, 2.24) is 5.32 Å². The lowest BCUT2D eigenvalue weighted by molar-refractivity contribution is -0.139. The second-order valence-electron chi connectivity index (χ2n) is 5.40. The maximum absolute atomic E-state index is 12.4. The van der Waals surface area contributed by atoms with Crippen molar-refractivity contribution < 1.29 is 33.6 Å². The minimum Gasteiger partial charge on any atom is -0.496 e. The second kappa shape index (κ2) is 9.33. The summed E-state index contributed by atoms with van der Waals surface area (Å²) in [6, 6.07) is 9.66. The molecule has 0 aliphatic carbocycles. The summed E-state index contributed by atoms with van der Waals surface area (Å²) < 4.78 is 21.0. The predicted molar refractivity (Wildman–Crippen MR) is 96.8 cm³/mol. The number of carbonyl (C=O) groups excluding carboxylic acids is 1. The van der Waals surface area contributed by atoms with Gasteiger partial charge in [-0.1, -0.05) is 6.07 Å². The number of carboxylic acids is 1. The van der Waals surface area contributed by atoms with Gasteiger partial charge in [0.25, 0.3) is 5.91 Å². The van der Waals surface area contributed by atoms with Crippen molar-refractivity contribution in [3.05, 3.63) is 47.5 Å². The van der Waals surface area contributed by atoms with Crippen molar-refractivity contribution >= 4 is 11.9 Å². The molecule has 1 amide bonds. The van der Waals surface area contributed by atoms with Crippen LogP contribution in [-0.2, 0) is 11.3 Å². The Labute approximate surface area is 156 Å². The van der Waals surface area contributed by atoms with E-state index in [2.05, 4.69) is 5.32 Å². The number of hydrogen-bond acceptors (Lipinski definition) is 6. The van der Waals surface area contributed by atoms with E-state index in [9.17, 15) is 9.59 Å². The van der Waals surface area contributed by atoms with E-state index in [0.29, 0.717) is 34.1 Å². The van der Waals surface area contributed by atoms with E-state index in [1.807, 2.05) is 0 Å². The van der Waals surface area contributed by atoms with Gasteiger partial charge in [-0.3, -0.25) is 4.79 Å². The average Bonchev–Trinajstić information content (AvgIpc) is 2.69. The second-order valence-corrected chi connectivity index (χ2v) is 5.40. The molecule has 8 heteroatoms. The fourth-order valence-electron chi connectivity index (χ4n) is 2.39. The van der Waals surface area contributed by atoms with Gasteiger partial charge in [-0.15, -0.1) is 0 Å². The Balaban J connectivity index is 2.13. The lowest BCUT2D eigenvalue weighted by Gasteiger charge is -2.15. The number of carbonyl (C=O) groups is 2. The number of aliphatic carboxylic acids is 1. The Morgan fingerprint density at radius 1 is 0.963 bits per heavy atom. The largest absolute Gasteiger partial charge is 0.496 e. The molecule has 0 aliphatic heterocycles. The third-order valence-electron chi connectivity index (χ3n) is 3.70.